The molecule has 0 radical (unpaired) electrons. The van der Waals surface area contributed by atoms with Crippen LogP contribution in [0.3, 0.4) is 0 Å². The van der Waals surface area contributed by atoms with Gasteiger partial charge in [-0.3, -0.25) is 4.28 Å². The van der Waals surface area contributed by atoms with Crippen molar-refractivity contribution in [1.29, 1.82) is 0 Å². The van der Waals surface area contributed by atoms with E-state index in [9.17, 15) is 8.42 Å². The fourth-order valence-electron chi connectivity index (χ4n) is 1.56. The van der Waals surface area contributed by atoms with E-state index in [0.717, 1.165) is 5.69 Å². The van der Waals surface area contributed by atoms with Gasteiger partial charge in [0.25, 0.3) is 0 Å². The zero-order valence-corrected chi connectivity index (χ0v) is 11.0. The van der Waals surface area contributed by atoms with Crippen LogP contribution in [0.2, 0.25) is 0 Å². The monoisotopic (exact) mass is 266 g/mol. The summed E-state index contributed by atoms with van der Waals surface area (Å²) in [6.45, 7) is 3.67. The second kappa shape index (κ2) is 4.81. The third kappa shape index (κ3) is 2.53. The van der Waals surface area contributed by atoms with E-state index in [0.29, 0.717) is 12.2 Å². The standard InChI is InChI=1S/C12H14N2O3S/c1-3-12-13-10(2)9-14(12)17-18(15,16)11-7-5-4-6-8-11/h4-9H,3H2,1-2H3. The van der Waals surface area contributed by atoms with Gasteiger partial charge in [-0.1, -0.05) is 25.1 Å². The van der Waals surface area contributed by atoms with Crippen molar-refractivity contribution in [1.82, 2.24) is 9.71 Å². The van der Waals surface area contributed by atoms with Crippen molar-refractivity contribution in [3.05, 3.63) is 48.0 Å². The van der Waals surface area contributed by atoms with Crippen LogP contribution in [0, 0.1) is 6.92 Å². The number of nitrogens with zero attached hydrogens (tertiary/aromatic N) is 2. The number of hydrogen-bond donors (Lipinski definition) is 0. The quantitative estimate of drug-likeness (QED) is 0.842. The zero-order valence-electron chi connectivity index (χ0n) is 10.2. The molecule has 0 N–H and O–H groups in total. The van der Waals surface area contributed by atoms with Crippen LogP contribution in [-0.2, 0) is 16.5 Å². The highest BCUT2D eigenvalue weighted by molar-refractivity contribution is 7.87. The molecular weight excluding hydrogens is 252 g/mol. The summed E-state index contributed by atoms with van der Waals surface area (Å²) in [7, 11) is -3.81. The van der Waals surface area contributed by atoms with E-state index in [-0.39, 0.29) is 4.90 Å². The molecule has 0 atom stereocenters. The van der Waals surface area contributed by atoms with Crippen molar-refractivity contribution in [2.24, 2.45) is 0 Å². The summed E-state index contributed by atoms with van der Waals surface area (Å²) in [6.07, 6.45) is 2.15. The van der Waals surface area contributed by atoms with E-state index in [1.807, 2.05) is 6.92 Å². The fraction of sp³-hybridized carbons (Fsp3) is 0.250. The van der Waals surface area contributed by atoms with Gasteiger partial charge in [-0.05, 0) is 19.1 Å². The number of imidazole rings is 1. The van der Waals surface area contributed by atoms with Crippen LogP contribution in [0.5, 0.6) is 0 Å². The Morgan fingerprint density at radius 3 is 2.56 bits per heavy atom. The highest BCUT2D eigenvalue weighted by atomic mass is 32.2. The van der Waals surface area contributed by atoms with E-state index in [2.05, 4.69) is 4.98 Å². The maximum atomic E-state index is 12.0. The van der Waals surface area contributed by atoms with Crippen LogP contribution in [-0.4, -0.2) is 18.1 Å². The minimum atomic E-state index is -3.81. The van der Waals surface area contributed by atoms with Gasteiger partial charge in [-0.15, -0.1) is 0 Å². The molecule has 1 aromatic carbocycles. The Labute approximate surface area is 106 Å². The molecule has 1 heterocycles. The Bertz CT molecular complexity index is 633. The Morgan fingerprint density at radius 2 is 1.94 bits per heavy atom. The molecule has 0 bridgehead atoms. The first kappa shape index (κ1) is 12.6. The number of rotatable bonds is 4. The van der Waals surface area contributed by atoms with Gasteiger partial charge >= 0.3 is 10.1 Å². The lowest BCUT2D eigenvalue weighted by atomic mass is 10.4. The molecule has 2 aromatic rings. The van der Waals surface area contributed by atoms with Gasteiger partial charge in [0.05, 0.1) is 11.9 Å². The molecule has 18 heavy (non-hydrogen) atoms. The van der Waals surface area contributed by atoms with Crippen molar-refractivity contribution in [2.45, 2.75) is 25.2 Å². The van der Waals surface area contributed by atoms with Crippen molar-refractivity contribution < 1.29 is 12.7 Å². The van der Waals surface area contributed by atoms with Gasteiger partial charge in [0.1, 0.15) is 10.7 Å². The first-order chi connectivity index (χ1) is 8.53. The van der Waals surface area contributed by atoms with Gasteiger partial charge in [-0.25, -0.2) is 4.98 Å². The van der Waals surface area contributed by atoms with E-state index in [4.69, 9.17) is 4.28 Å². The Balaban J connectivity index is 2.34. The van der Waals surface area contributed by atoms with Gasteiger partial charge in [0.2, 0.25) is 0 Å². The summed E-state index contributed by atoms with van der Waals surface area (Å²) in [6, 6.07) is 8.03. The second-order valence-electron chi connectivity index (χ2n) is 3.82. The molecule has 0 aliphatic heterocycles. The van der Waals surface area contributed by atoms with Crippen LogP contribution in [0.1, 0.15) is 18.4 Å². The second-order valence-corrected chi connectivity index (χ2v) is 5.35. The molecule has 0 amide bonds. The molecule has 2 rings (SSSR count). The number of aryl methyl sites for hydroxylation is 2. The Kier molecular flexibility index (Phi) is 3.38. The zero-order chi connectivity index (χ0) is 13.2. The summed E-state index contributed by atoms with van der Waals surface area (Å²) < 4.78 is 30.3. The third-order valence-electron chi connectivity index (χ3n) is 2.39. The summed E-state index contributed by atoms with van der Waals surface area (Å²) >= 11 is 0. The lowest BCUT2D eigenvalue weighted by molar-refractivity contribution is 0.267. The van der Waals surface area contributed by atoms with Gasteiger partial charge in [0.15, 0.2) is 0 Å². The first-order valence-electron chi connectivity index (χ1n) is 5.58. The average molecular weight is 266 g/mol. The highest BCUT2D eigenvalue weighted by Crippen LogP contribution is 2.11. The summed E-state index contributed by atoms with van der Waals surface area (Å²) in [5.74, 6) is 0.576. The molecular formula is C12H14N2O3S. The highest BCUT2D eigenvalue weighted by Gasteiger charge is 2.18. The third-order valence-corrected chi connectivity index (χ3v) is 3.60. The number of benzene rings is 1. The van der Waals surface area contributed by atoms with Crippen molar-refractivity contribution in [3.63, 3.8) is 0 Å². The molecule has 0 unspecified atom stereocenters. The van der Waals surface area contributed by atoms with Crippen LogP contribution < -0.4 is 4.28 Å². The topological polar surface area (TPSA) is 61.2 Å². The van der Waals surface area contributed by atoms with Crippen LogP contribution >= 0.6 is 0 Å². The van der Waals surface area contributed by atoms with E-state index in [1.54, 1.807) is 31.3 Å². The molecule has 0 aliphatic rings. The van der Waals surface area contributed by atoms with Gasteiger partial charge < -0.3 is 0 Å². The molecule has 0 spiro atoms. The minimum absolute atomic E-state index is 0.124. The smallest absolute Gasteiger partial charge is 0.283 e. The summed E-state index contributed by atoms with van der Waals surface area (Å²) in [5, 5.41) is 0. The maximum Gasteiger partial charge on any atom is 0.357 e. The predicted octanol–water partition coefficient (Wildman–Crippen LogP) is 1.57. The molecule has 0 fully saturated rings. The summed E-state index contributed by atoms with van der Waals surface area (Å²) in [4.78, 5) is 4.30. The molecule has 6 heteroatoms. The van der Waals surface area contributed by atoms with Crippen molar-refractivity contribution in [3.8, 4) is 0 Å². The van der Waals surface area contributed by atoms with Crippen LogP contribution in [0.15, 0.2) is 41.4 Å². The molecule has 0 saturated heterocycles. The molecule has 96 valence electrons. The van der Waals surface area contributed by atoms with Crippen LogP contribution in [0.25, 0.3) is 0 Å². The van der Waals surface area contributed by atoms with Gasteiger partial charge in [0, 0.05) is 6.42 Å². The van der Waals surface area contributed by atoms with E-state index >= 15 is 0 Å². The average Bonchev–Trinajstić information content (AvgIpc) is 2.70. The predicted molar refractivity (Wildman–Crippen MR) is 66.5 cm³/mol. The lowest BCUT2D eigenvalue weighted by Gasteiger charge is -2.08. The molecule has 5 nitrogen and oxygen atoms in total. The minimum Gasteiger partial charge on any atom is -0.283 e. The number of aromatic nitrogens is 2. The van der Waals surface area contributed by atoms with Crippen molar-refractivity contribution in [2.75, 3.05) is 0 Å². The normalized spacial score (nSPS) is 11.4. The molecule has 0 saturated carbocycles. The van der Waals surface area contributed by atoms with Gasteiger partial charge in [-0.2, -0.15) is 13.1 Å². The molecule has 1 aromatic heterocycles. The fourth-order valence-corrected chi connectivity index (χ4v) is 2.48. The lowest BCUT2D eigenvalue weighted by Crippen LogP contribution is -2.21. The largest absolute Gasteiger partial charge is 0.357 e. The van der Waals surface area contributed by atoms with Crippen LogP contribution in [0.4, 0.5) is 0 Å². The first-order valence-corrected chi connectivity index (χ1v) is 6.98. The molecule has 0 aliphatic carbocycles. The Morgan fingerprint density at radius 1 is 1.28 bits per heavy atom. The maximum absolute atomic E-state index is 12.0. The summed E-state index contributed by atoms with van der Waals surface area (Å²) in [5.41, 5.74) is 0.718. The Hall–Kier alpha value is -1.82. The number of hydrogen-bond acceptors (Lipinski definition) is 4. The van der Waals surface area contributed by atoms with E-state index < -0.39 is 10.1 Å². The SMILES string of the molecule is CCc1nc(C)cn1OS(=O)(=O)c1ccccc1. The van der Waals surface area contributed by atoms with E-state index in [1.165, 1.54) is 16.9 Å². The van der Waals surface area contributed by atoms with Crippen molar-refractivity contribution >= 4 is 10.1 Å².